The average Bonchev–Trinajstić information content (AvgIpc) is 3.43. The highest BCUT2D eigenvalue weighted by molar-refractivity contribution is 6.35. The van der Waals surface area contributed by atoms with Crippen LogP contribution >= 0.6 is 23.2 Å². The van der Waals surface area contributed by atoms with E-state index in [0.717, 1.165) is 6.42 Å². The van der Waals surface area contributed by atoms with Gasteiger partial charge >= 0.3 is 5.91 Å². The van der Waals surface area contributed by atoms with Crippen LogP contribution in [0.2, 0.25) is 10.0 Å². The third kappa shape index (κ3) is 5.55. The molecule has 188 valence electrons. The van der Waals surface area contributed by atoms with Crippen LogP contribution in [0.25, 0.3) is 0 Å². The summed E-state index contributed by atoms with van der Waals surface area (Å²) < 4.78 is 16.3. The number of furan rings is 2. The summed E-state index contributed by atoms with van der Waals surface area (Å²) in [5.74, 6) is -0.249. The number of aryl methyl sites for hydroxylation is 2. The first kappa shape index (κ1) is 25.3. The number of ether oxygens (including phenoxy) is 1. The quantitative estimate of drug-likeness (QED) is 0.409. The van der Waals surface area contributed by atoms with E-state index in [-0.39, 0.29) is 17.4 Å². The second kappa shape index (κ2) is 10.9. The molecule has 1 aliphatic rings. The Labute approximate surface area is 215 Å². The molecule has 3 amide bonds. The maximum atomic E-state index is 12.7. The molecule has 36 heavy (non-hydrogen) atoms. The van der Waals surface area contributed by atoms with Crippen molar-refractivity contribution < 1.29 is 28.0 Å². The minimum absolute atomic E-state index is 0.0471. The average molecular weight is 533 g/mol. The minimum atomic E-state index is -0.618. The van der Waals surface area contributed by atoms with Crippen molar-refractivity contribution in [3.63, 3.8) is 0 Å². The molecule has 0 saturated carbocycles. The zero-order chi connectivity index (χ0) is 25.8. The van der Waals surface area contributed by atoms with Crippen LogP contribution in [0.1, 0.15) is 56.4 Å². The lowest BCUT2D eigenvalue weighted by atomic mass is 9.93. The summed E-state index contributed by atoms with van der Waals surface area (Å²) in [5, 5.41) is 4.98. The zero-order valence-electron chi connectivity index (χ0n) is 19.4. The molecule has 0 atom stereocenters. The van der Waals surface area contributed by atoms with Crippen LogP contribution in [-0.4, -0.2) is 30.0 Å². The standard InChI is InChI=1S/C24H22Cl2N4O6/c1-12-21-17(27-28-20(31)11-35-18-7-6-14(25)10-16(18)26)4-3-5-19(21)36-22(12)24(33)30-29-23(32)15-8-9-34-13(15)2/h6-10H,3-5,11H2,1-2H3,(H,28,31)(H,29,32)(H,30,33)/b27-17+. The SMILES string of the molecule is Cc1occc1C(=O)NNC(=O)c1oc2c(c1C)/C(=N/NC(=O)COc1ccc(Cl)cc1Cl)CCC2. The summed E-state index contributed by atoms with van der Waals surface area (Å²) in [6, 6.07) is 6.18. The highest BCUT2D eigenvalue weighted by Gasteiger charge is 2.28. The van der Waals surface area contributed by atoms with E-state index < -0.39 is 17.7 Å². The number of hydrazine groups is 1. The molecule has 2 heterocycles. The molecule has 0 aliphatic heterocycles. The van der Waals surface area contributed by atoms with E-state index in [4.69, 9.17) is 36.8 Å². The molecule has 1 aliphatic carbocycles. The lowest BCUT2D eigenvalue weighted by Crippen LogP contribution is -2.41. The number of hydrogen-bond donors (Lipinski definition) is 3. The van der Waals surface area contributed by atoms with E-state index in [1.807, 2.05) is 0 Å². The van der Waals surface area contributed by atoms with Crippen molar-refractivity contribution in [1.82, 2.24) is 16.3 Å². The van der Waals surface area contributed by atoms with Gasteiger partial charge in [0.2, 0.25) is 0 Å². The van der Waals surface area contributed by atoms with Crippen molar-refractivity contribution >= 4 is 46.6 Å². The molecule has 3 N–H and O–H groups in total. The van der Waals surface area contributed by atoms with Gasteiger partial charge in [-0.1, -0.05) is 23.2 Å². The number of amides is 3. The number of rotatable bonds is 6. The molecule has 0 spiro atoms. The number of carbonyl (C=O) groups is 3. The van der Waals surface area contributed by atoms with Crippen molar-refractivity contribution in [2.24, 2.45) is 5.10 Å². The van der Waals surface area contributed by atoms with Gasteiger partial charge in [0.1, 0.15) is 17.3 Å². The molecule has 0 radical (unpaired) electrons. The molecule has 0 saturated heterocycles. The smallest absolute Gasteiger partial charge is 0.305 e. The fraction of sp³-hybridized carbons (Fsp3) is 0.250. The Hall–Kier alpha value is -3.76. The second-order valence-corrected chi connectivity index (χ2v) is 8.81. The number of fused-ring (bicyclic) bond motifs is 1. The van der Waals surface area contributed by atoms with Crippen molar-refractivity contribution in [3.05, 3.63) is 74.5 Å². The van der Waals surface area contributed by atoms with E-state index in [2.05, 4.69) is 21.4 Å². The Morgan fingerprint density at radius 3 is 2.58 bits per heavy atom. The Balaban J connectivity index is 1.40. The molecular formula is C24H22Cl2N4O6. The number of halogens is 2. The van der Waals surface area contributed by atoms with Crippen LogP contribution in [0.4, 0.5) is 0 Å². The third-order valence-electron chi connectivity index (χ3n) is 5.49. The number of hydrazone groups is 1. The first-order chi connectivity index (χ1) is 17.2. The lowest BCUT2D eigenvalue weighted by Gasteiger charge is -2.13. The molecule has 0 bridgehead atoms. The molecule has 0 fully saturated rings. The number of carbonyl (C=O) groups excluding carboxylic acids is 3. The van der Waals surface area contributed by atoms with Gasteiger partial charge in [-0.05, 0) is 51.0 Å². The molecule has 10 nitrogen and oxygen atoms in total. The van der Waals surface area contributed by atoms with Crippen LogP contribution in [0.3, 0.4) is 0 Å². The van der Waals surface area contributed by atoms with Gasteiger partial charge < -0.3 is 13.6 Å². The molecule has 3 aromatic rings. The normalized spacial score (nSPS) is 13.7. The van der Waals surface area contributed by atoms with Gasteiger partial charge in [-0.15, -0.1) is 0 Å². The van der Waals surface area contributed by atoms with Crippen molar-refractivity contribution in [1.29, 1.82) is 0 Å². The van der Waals surface area contributed by atoms with Gasteiger partial charge in [-0.2, -0.15) is 5.10 Å². The summed E-state index contributed by atoms with van der Waals surface area (Å²) in [5.41, 5.74) is 9.25. The predicted octanol–water partition coefficient (Wildman–Crippen LogP) is 4.11. The first-order valence-corrected chi connectivity index (χ1v) is 11.7. The molecule has 12 heteroatoms. The third-order valence-corrected chi connectivity index (χ3v) is 6.02. The van der Waals surface area contributed by atoms with Crippen LogP contribution in [0, 0.1) is 13.8 Å². The molecule has 0 unspecified atom stereocenters. The number of nitrogens with zero attached hydrogens (tertiary/aromatic N) is 1. The van der Waals surface area contributed by atoms with Crippen molar-refractivity contribution in [3.8, 4) is 5.75 Å². The highest BCUT2D eigenvalue weighted by Crippen LogP contribution is 2.30. The highest BCUT2D eigenvalue weighted by atomic mass is 35.5. The summed E-state index contributed by atoms with van der Waals surface area (Å²) >= 11 is 11.9. The first-order valence-electron chi connectivity index (χ1n) is 10.9. The van der Waals surface area contributed by atoms with Crippen molar-refractivity contribution in [2.75, 3.05) is 6.61 Å². The fourth-order valence-corrected chi connectivity index (χ4v) is 4.22. The Morgan fingerprint density at radius 1 is 1.08 bits per heavy atom. The van der Waals surface area contributed by atoms with Crippen LogP contribution in [0.5, 0.6) is 5.75 Å². The summed E-state index contributed by atoms with van der Waals surface area (Å²) in [7, 11) is 0. The van der Waals surface area contributed by atoms with Gasteiger partial charge in [0.25, 0.3) is 11.8 Å². The van der Waals surface area contributed by atoms with Crippen molar-refractivity contribution in [2.45, 2.75) is 33.1 Å². The van der Waals surface area contributed by atoms with Crippen LogP contribution < -0.4 is 21.0 Å². The van der Waals surface area contributed by atoms with E-state index in [1.165, 1.54) is 18.4 Å². The number of hydrogen-bond acceptors (Lipinski definition) is 7. The molecule has 2 aromatic heterocycles. The zero-order valence-corrected chi connectivity index (χ0v) is 20.9. The van der Waals surface area contributed by atoms with Gasteiger partial charge in [-0.25, -0.2) is 5.43 Å². The predicted molar refractivity (Wildman–Crippen MR) is 131 cm³/mol. The number of benzene rings is 1. The van der Waals surface area contributed by atoms with Gasteiger partial charge in [0, 0.05) is 22.6 Å². The topological polar surface area (TPSA) is 135 Å². The second-order valence-electron chi connectivity index (χ2n) is 7.96. The summed E-state index contributed by atoms with van der Waals surface area (Å²) in [6.45, 7) is 3.05. The van der Waals surface area contributed by atoms with Crippen LogP contribution in [0.15, 0.2) is 44.5 Å². The molecular weight excluding hydrogens is 511 g/mol. The van der Waals surface area contributed by atoms with E-state index >= 15 is 0 Å². The number of nitrogens with one attached hydrogen (secondary N) is 3. The van der Waals surface area contributed by atoms with Crippen LogP contribution in [-0.2, 0) is 11.2 Å². The maximum absolute atomic E-state index is 12.7. The van der Waals surface area contributed by atoms with E-state index in [9.17, 15) is 14.4 Å². The van der Waals surface area contributed by atoms with E-state index in [1.54, 1.807) is 26.0 Å². The van der Waals surface area contributed by atoms with Gasteiger partial charge in [0.05, 0.1) is 22.6 Å². The Bertz CT molecular complexity index is 1360. The summed E-state index contributed by atoms with van der Waals surface area (Å²) in [4.78, 5) is 37.2. The van der Waals surface area contributed by atoms with Gasteiger partial charge in [0.15, 0.2) is 12.4 Å². The fourth-order valence-electron chi connectivity index (χ4n) is 3.75. The molecule has 1 aromatic carbocycles. The maximum Gasteiger partial charge on any atom is 0.305 e. The minimum Gasteiger partial charge on any atom is -0.482 e. The Morgan fingerprint density at radius 2 is 1.86 bits per heavy atom. The lowest BCUT2D eigenvalue weighted by molar-refractivity contribution is -0.123. The van der Waals surface area contributed by atoms with E-state index in [0.29, 0.717) is 57.5 Å². The molecule has 4 rings (SSSR count). The van der Waals surface area contributed by atoms with Gasteiger partial charge in [-0.3, -0.25) is 25.2 Å². The summed E-state index contributed by atoms with van der Waals surface area (Å²) in [6.07, 6.45) is 3.29. The Kier molecular flexibility index (Phi) is 7.66. The largest absolute Gasteiger partial charge is 0.482 e. The monoisotopic (exact) mass is 532 g/mol.